The highest BCUT2D eigenvalue weighted by molar-refractivity contribution is 7.99. The Morgan fingerprint density at radius 1 is 1.15 bits per heavy atom. The summed E-state index contributed by atoms with van der Waals surface area (Å²) in [7, 11) is 0. The van der Waals surface area contributed by atoms with Gasteiger partial charge in [0.25, 0.3) is 0 Å². The van der Waals surface area contributed by atoms with E-state index in [1.807, 2.05) is 60.0 Å². The van der Waals surface area contributed by atoms with E-state index in [1.54, 1.807) is 17.0 Å². The van der Waals surface area contributed by atoms with Gasteiger partial charge in [-0.15, -0.1) is 0 Å². The molecule has 3 aromatic heterocycles. The number of rotatable bonds is 9. The lowest BCUT2D eigenvalue weighted by Crippen LogP contribution is -2.33. The van der Waals surface area contributed by atoms with Crippen molar-refractivity contribution in [2.24, 2.45) is 0 Å². The summed E-state index contributed by atoms with van der Waals surface area (Å²) in [4.78, 5) is 24.7. The van der Waals surface area contributed by atoms with Crippen molar-refractivity contribution in [3.63, 3.8) is 0 Å². The molecule has 2 aromatic carbocycles. The minimum absolute atomic E-state index is 0.0706. The van der Waals surface area contributed by atoms with Crippen LogP contribution in [0.2, 0.25) is 0 Å². The summed E-state index contributed by atoms with van der Waals surface area (Å²) < 4.78 is 21.4. The molecule has 0 spiro atoms. The Kier molecular flexibility index (Phi) is 7.55. The number of anilines is 3. The number of aryl methyl sites for hydroxylation is 1. The summed E-state index contributed by atoms with van der Waals surface area (Å²) in [5.41, 5.74) is 2.32. The van der Waals surface area contributed by atoms with Gasteiger partial charge in [-0.3, -0.25) is 19.2 Å². The van der Waals surface area contributed by atoms with Crippen LogP contribution in [-0.2, 0) is 4.79 Å². The van der Waals surface area contributed by atoms with Crippen molar-refractivity contribution in [3.05, 3.63) is 84.4 Å². The smallest absolute Gasteiger partial charge is 0.238 e. The summed E-state index contributed by atoms with van der Waals surface area (Å²) >= 11 is 1.40. The third-order valence-electron chi connectivity index (χ3n) is 6.45. The zero-order valence-corrected chi connectivity index (χ0v) is 22.8. The first kappa shape index (κ1) is 26.7. The van der Waals surface area contributed by atoms with Crippen LogP contribution >= 0.6 is 11.8 Å². The van der Waals surface area contributed by atoms with E-state index in [2.05, 4.69) is 30.8 Å². The van der Waals surface area contributed by atoms with Crippen LogP contribution in [0.1, 0.15) is 5.69 Å². The molecule has 1 saturated heterocycles. The SMILES string of the molecule is Cc1cc(Nc2nc(Sc3ccc(NC(=O)CN4CC(O)C(Oc5ccccc5F)C4)cc3)nc3cccn23)n[nH]1. The molecule has 1 amide bonds. The predicted molar refractivity (Wildman–Crippen MR) is 152 cm³/mol. The van der Waals surface area contributed by atoms with Gasteiger partial charge in [0, 0.05) is 41.6 Å². The number of aliphatic hydroxyl groups is 1. The molecular formula is C28H27FN8O3S. The van der Waals surface area contributed by atoms with Crippen LogP contribution in [0.4, 0.5) is 21.8 Å². The Bertz CT molecular complexity index is 1670. The second kappa shape index (κ2) is 11.6. The average Bonchev–Trinajstić information content (AvgIpc) is 3.67. The maximum Gasteiger partial charge on any atom is 0.238 e. The molecule has 0 bridgehead atoms. The number of aliphatic hydroxyl groups excluding tert-OH is 1. The zero-order valence-electron chi connectivity index (χ0n) is 22.0. The zero-order chi connectivity index (χ0) is 28.3. The number of likely N-dealkylation sites (tertiary alicyclic amines) is 1. The monoisotopic (exact) mass is 574 g/mol. The summed E-state index contributed by atoms with van der Waals surface area (Å²) in [5, 5.41) is 24.2. The van der Waals surface area contributed by atoms with Crippen molar-refractivity contribution in [1.29, 1.82) is 0 Å². The number of β-amino-alcohol motifs (C(OH)–C–C–N with tert-alkyl or cyclic N) is 1. The Balaban J connectivity index is 1.05. The summed E-state index contributed by atoms with van der Waals surface area (Å²) in [6, 6.07) is 19.1. The number of aromatic nitrogens is 5. The predicted octanol–water partition coefficient (Wildman–Crippen LogP) is 3.86. The van der Waals surface area contributed by atoms with E-state index in [0.717, 1.165) is 16.2 Å². The number of fused-ring (bicyclic) bond motifs is 1. The fraction of sp³-hybridized carbons (Fsp3) is 0.214. The molecule has 1 aliphatic heterocycles. The van der Waals surface area contributed by atoms with Gasteiger partial charge in [0.2, 0.25) is 11.9 Å². The van der Waals surface area contributed by atoms with Gasteiger partial charge in [-0.25, -0.2) is 9.37 Å². The number of halogens is 1. The number of amides is 1. The molecule has 0 aliphatic carbocycles. The highest BCUT2D eigenvalue weighted by Crippen LogP contribution is 2.28. The van der Waals surface area contributed by atoms with Gasteiger partial charge in [0.05, 0.1) is 6.54 Å². The average molecular weight is 575 g/mol. The molecule has 2 atom stereocenters. The maximum absolute atomic E-state index is 13.9. The summed E-state index contributed by atoms with van der Waals surface area (Å²) in [6.45, 7) is 2.56. The van der Waals surface area contributed by atoms with E-state index in [4.69, 9.17) is 4.74 Å². The van der Waals surface area contributed by atoms with Crippen molar-refractivity contribution in [1.82, 2.24) is 29.5 Å². The summed E-state index contributed by atoms with van der Waals surface area (Å²) in [5.74, 6) is 0.612. The van der Waals surface area contributed by atoms with Crippen LogP contribution < -0.4 is 15.4 Å². The minimum atomic E-state index is -0.828. The number of hydrogen-bond acceptors (Lipinski definition) is 9. The third kappa shape index (κ3) is 6.32. The Labute approximate surface area is 238 Å². The minimum Gasteiger partial charge on any atom is -0.483 e. The fourth-order valence-electron chi connectivity index (χ4n) is 4.54. The second-order valence-corrected chi connectivity index (χ2v) is 10.7. The number of aromatic amines is 1. The lowest BCUT2D eigenvalue weighted by Gasteiger charge is -2.17. The fourth-order valence-corrected chi connectivity index (χ4v) is 5.29. The van der Waals surface area contributed by atoms with Crippen LogP contribution in [0.25, 0.3) is 5.65 Å². The lowest BCUT2D eigenvalue weighted by atomic mass is 10.2. The number of para-hydroxylation sites is 1. The van der Waals surface area contributed by atoms with Gasteiger partial charge in [-0.05, 0) is 67.2 Å². The number of carbonyl (C=O) groups is 1. The molecule has 5 aromatic rings. The standard InChI is InChI=1S/C28H27FN8O3S/c1-17-13-24(35-34-17)31-27-33-28(32-25-7-4-12-37(25)27)41-19-10-8-18(9-11-19)30-26(39)16-36-14-21(38)23(15-36)40-22-6-3-2-5-20(22)29/h2-13,21,23,38H,14-16H2,1H3,(H,30,39)(H2,31,32,33,34,35). The van der Waals surface area contributed by atoms with Crippen molar-refractivity contribution < 1.29 is 19.0 Å². The Morgan fingerprint density at radius 3 is 2.76 bits per heavy atom. The molecule has 2 unspecified atom stereocenters. The van der Waals surface area contributed by atoms with Crippen LogP contribution in [0.3, 0.4) is 0 Å². The van der Waals surface area contributed by atoms with Gasteiger partial charge in [0.15, 0.2) is 22.5 Å². The van der Waals surface area contributed by atoms with Crippen molar-refractivity contribution in [3.8, 4) is 5.75 Å². The molecule has 1 fully saturated rings. The maximum atomic E-state index is 13.9. The largest absolute Gasteiger partial charge is 0.483 e. The first-order chi connectivity index (χ1) is 19.9. The highest BCUT2D eigenvalue weighted by atomic mass is 32.2. The van der Waals surface area contributed by atoms with Crippen LogP contribution in [0.15, 0.2) is 83.0 Å². The molecule has 4 N–H and O–H groups in total. The molecular weight excluding hydrogens is 547 g/mol. The van der Waals surface area contributed by atoms with Crippen molar-refractivity contribution >= 4 is 40.8 Å². The Morgan fingerprint density at radius 2 is 1.98 bits per heavy atom. The number of nitrogens with one attached hydrogen (secondary N) is 3. The number of H-pyrrole nitrogens is 1. The molecule has 210 valence electrons. The number of benzene rings is 2. The number of ether oxygens (including phenoxy) is 1. The first-order valence-corrected chi connectivity index (χ1v) is 13.7. The van der Waals surface area contributed by atoms with E-state index >= 15 is 0 Å². The number of hydrogen-bond donors (Lipinski definition) is 4. The van der Waals surface area contributed by atoms with Gasteiger partial charge in [-0.1, -0.05) is 12.1 Å². The van der Waals surface area contributed by atoms with Gasteiger partial charge < -0.3 is 20.5 Å². The molecule has 1 aliphatic rings. The summed E-state index contributed by atoms with van der Waals surface area (Å²) in [6.07, 6.45) is 0.428. The van der Waals surface area contributed by atoms with Crippen molar-refractivity contribution in [2.75, 3.05) is 30.3 Å². The molecule has 6 rings (SSSR count). The van der Waals surface area contributed by atoms with Crippen molar-refractivity contribution in [2.45, 2.75) is 29.2 Å². The second-order valence-electron chi connectivity index (χ2n) is 9.65. The van der Waals surface area contributed by atoms with Gasteiger partial charge in [-0.2, -0.15) is 10.1 Å². The normalized spacial score (nSPS) is 17.1. The lowest BCUT2D eigenvalue weighted by molar-refractivity contribution is -0.117. The van der Waals surface area contributed by atoms with Crippen LogP contribution in [0, 0.1) is 12.7 Å². The Hall–Kier alpha value is -4.46. The van der Waals surface area contributed by atoms with Gasteiger partial charge >= 0.3 is 0 Å². The molecule has 0 radical (unpaired) electrons. The number of nitrogens with zero attached hydrogens (tertiary/aromatic N) is 5. The van der Waals surface area contributed by atoms with E-state index in [1.165, 1.54) is 23.9 Å². The van der Waals surface area contributed by atoms with Gasteiger partial charge in [0.1, 0.15) is 17.9 Å². The van der Waals surface area contributed by atoms with E-state index in [0.29, 0.717) is 29.2 Å². The van der Waals surface area contributed by atoms with Crippen LogP contribution in [-0.4, -0.2) is 72.3 Å². The quantitative estimate of drug-likeness (QED) is 0.207. The van der Waals surface area contributed by atoms with Crippen LogP contribution in [0.5, 0.6) is 5.75 Å². The topological polar surface area (TPSA) is 133 Å². The molecule has 0 saturated carbocycles. The highest BCUT2D eigenvalue weighted by Gasteiger charge is 2.34. The first-order valence-electron chi connectivity index (χ1n) is 12.9. The molecule has 41 heavy (non-hydrogen) atoms. The molecule has 4 heterocycles. The van der Waals surface area contributed by atoms with E-state index in [9.17, 15) is 14.3 Å². The molecule has 13 heteroatoms. The number of carbonyl (C=O) groups excluding carboxylic acids is 1. The molecule has 11 nitrogen and oxygen atoms in total. The third-order valence-corrected chi connectivity index (χ3v) is 7.33. The van der Waals surface area contributed by atoms with E-state index < -0.39 is 18.0 Å². The van der Waals surface area contributed by atoms with E-state index in [-0.39, 0.29) is 24.7 Å².